The molecule has 12 heteroatoms. The average molecular weight is 564 g/mol. The number of benzene rings is 1. The summed E-state index contributed by atoms with van der Waals surface area (Å²) >= 11 is 0. The number of piperidine rings is 1. The molecule has 4 aromatic rings. The number of primary amides is 1. The van der Waals surface area contributed by atoms with Crippen molar-refractivity contribution in [3.05, 3.63) is 54.1 Å². The van der Waals surface area contributed by atoms with Gasteiger partial charge in [-0.3, -0.25) is 0 Å². The van der Waals surface area contributed by atoms with E-state index in [4.69, 9.17) is 15.5 Å². The molecule has 1 atom stereocenters. The monoisotopic (exact) mass is 563 g/mol. The Hall–Kier alpha value is -4.11. The molecule has 1 aliphatic rings. The van der Waals surface area contributed by atoms with Gasteiger partial charge in [-0.15, -0.1) is 0 Å². The third-order valence-corrected chi connectivity index (χ3v) is 9.06. The van der Waals surface area contributed by atoms with Gasteiger partial charge in [0.1, 0.15) is 11.0 Å². The van der Waals surface area contributed by atoms with Crippen LogP contribution in [0, 0.1) is 29.6 Å². The van der Waals surface area contributed by atoms with Crippen molar-refractivity contribution in [3.8, 4) is 6.07 Å². The lowest BCUT2D eigenvalue weighted by Gasteiger charge is -2.37. The minimum Gasteiger partial charge on any atom is -0.438 e. The molecule has 210 valence electrons. The van der Waals surface area contributed by atoms with Crippen molar-refractivity contribution in [3.63, 3.8) is 0 Å². The maximum atomic E-state index is 13.6. The quantitative estimate of drug-likeness (QED) is 0.363. The van der Waals surface area contributed by atoms with Gasteiger partial charge in [0.15, 0.2) is 17.6 Å². The van der Waals surface area contributed by atoms with Gasteiger partial charge in [-0.2, -0.15) is 5.26 Å². The fourth-order valence-corrected chi connectivity index (χ4v) is 6.59. The van der Waals surface area contributed by atoms with Gasteiger partial charge < -0.3 is 15.5 Å². The van der Waals surface area contributed by atoms with Gasteiger partial charge in [0, 0.05) is 36.5 Å². The van der Waals surface area contributed by atoms with Crippen molar-refractivity contribution in [1.29, 1.82) is 5.26 Å². The maximum absolute atomic E-state index is 13.6. The van der Waals surface area contributed by atoms with E-state index in [0.29, 0.717) is 47.7 Å². The number of aryl methyl sites for hydroxylation is 1. The average Bonchev–Trinajstić information content (AvgIpc) is 3.49. The number of hydrogen-bond donors (Lipinski definition) is 1. The van der Waals surface area contributed by atoms with Crippen LogP contribution in [-0.4, -0.2) is 46.2 Å². The van der Waals surface area contributed by atoms with Crippen LogP contribution in [0.4, 0.5) is 4.79 Å². The van der Waals surface area contributed by atoms with Crippen LogP contribution in [0.15, 0.2) is 47.6 Å². The highest BCUT2D eigenvalue weighted by Crippen LogP contribution is 2.39. The highest BCUT2D eigenvalue weighted by Gasteiger charge is 2.37. The standard InChI is InChI=1S/C28H33N7O4S/c1-18-5-7-20(8-6-18)40(37,38)34-16-12-21-23-22(17-31-25(21)34)32-26(24(28(2,3)4)39-27(30)36)35(23)33-14-10-19(9-13-29)11-15-33/h5-8,12,16-17,19,24H,9-11,14-15H2,1-4H3,(H2,30,36). The smallest absolute Gasteiger partial charge is 0.405 e. The van der Waals surface area contributed by atoms with Crippen LogP contribution in [0.1, 0.15) is 57.5 Å². The van der Waals surface area contributed by atoms with Crippen molar-refractivity contribution in [1.82, 2.24) is 18.6 Å². The molecule has 1 amide bonds. The SMILES string of the molecule is Cc1ccc(S(=O)(=O)n2ccc3c2ncc2nc(C(OC(N)=O)C(C)(C)C)n(N4CCC(CC#N)CC4)c23)cc1. The molecule has 1 fully saturated rings. The molecule has 1 unspecified atom stereocenters. The van der Waals surface area contributed by atoms with Gasteiger partial charge in [0.05, 0.1) is 17.2 Å². The lowest BCUT2D eigenvalue weighted by Crippen LogP contribution is -2.44. The molecule has 3 aromatic heterocycles. The Labute approximate surface area is 233 Å². The van der Waals surface area contributed by atoms with Crippen molar-refractivity contribution in [2.75, 3.05) is 18.1 Å². The molecule has 1 aromatic carbocycles. The molecule has 1 aliphatic heterocycles. The Kier molecular flexibility index (Phi) is 6.95. The fraction of sp³-hybridized carbons (Fsp3) is 0.429. The van der Waals surface area contributed by atoms with Crippen LogP contribution in [-0.2, 0) is 14.8 Å². The zero-order valence-corrected chi connectivity index (χ0v) is 23.9. The Bertz CT molecular complexity index is 1720. The van der Waals surface area contributed by atoms with E-state index in [2.05, 4.69) is 16.1 Å². The second-order valence-corrected chi connectivity index (χ2v) is 13.2. The Morgan fingerprint density at radius 2 is 1.88 bits per heavy atom. The maximum Gasteiger partial charge on any atom is 0.405 e. The minimum atomic E-state index is -3.91. The molecule has 0 radical (unpaired) electrons. The largest absolute Gasteiger partial charge is 0.438 e. The lowest BCUT2D eigenvalue weighted by atomic mass is 9.88. The summed E-state index contributed by atoms with van der Waals surface area (Å²) in [6, 6.07) is 10.7. The third kappa shape index (κ3) is 4.86. The van der Waals surface area contributed by atoms with Gasteiger partial charge in [-0.05, 0) is 43.9 Å². The summed E-state index contributed by atoms with van der Waals surface area (Å²) in [6.45, 7) is 8.98. The van der Waals surface area contributed by atoms with Crippen molar-refractivity contribution < 1.29 is 17.9 Å². The number of carbonyl (C=O) groups excluding carboxylic acids is 1. The molecule has 40 heavy (non-hydrogen) atoms. The summed E-state index contributed by atoms with van der Waals surface area (Å²) in [5.41, 5.74) is 7.35. The van der Waals surface area contributed by atoms with Crippen LogP contribution < -0.4 is 10.7 Å². The zero-order valence-electron chi connectivity index (χ0n) is 23.0. The number of aromatic nitrogens is 4. The number of nitrogens with zero attached hydrogens (tertiary/aromatic N) is 6. The first-order chi connectivity index (χ1) is 18.9. The first kappa shape index (κ1) is 27.5. The molecular formula is C28H33N7O4S. The van der Waals surface area contributed by atoms with E-state index in [-0.39, 0.29) is 10.5 Å². The van der Waals surface area contributed by atoms with Gasteiger partial charge >= 0.3 is 6.09 Å². The van der Waals surface area contributed by atoms with Crippen LogP contribution in [0.3, 0.4) is 0 Å². The van der Waals surface area contributed by atoms with Crippen LogP contribution in [0.2, 0.25) is 0 Å². The molecule has 0 aliphatic carbocycles. The molecule has 0 bridgehead atoms. The molecule has 2 N–H and O–H groups in total. The number of fused-ring (bicyclic) bond motifs is 3. The first-order valence-corrected chi connectivity index (χ1v) is 14.6. The van der Waals surface area contributed by atoms with Gasteiger partial charge in [0.25, 0.3) is 10.0 Å². The number of rotatable bonds is 6. The number of pyridine rings is 1. The first-order valence-electron chi connectivity index (χ1n) is 13.2. The summed E-state index contributed by atoms with van der Waals surface area (Å²) in [6.07, 6.45) is 3.46. The second kappa shape index (κ2) is 10.1. The third-order valence-electron chi connectivity index (χ3n) is 7.38. The molecule has 5 rings (SSSR count). The Balaban J connectivity index is 1.73. The number of amides is 1. The van der Waals surface area contributed by atoms with E-state index < -0.39 is 27.6 Å². The zero-order chi connectivity index (χ0) is 28.8. The summed E-state index contributed by atoms with van der Waals surface area (Å²) in [5, 5.41) is 11.9. The van der Waals surface area contributed by atoms with E-state index >= 15 is 0 Å². The van der Waals surface area contributed by atoms with Crippen LogP contribution >= 0.6 is 0 Å². The molecule has 11 nitrogen and oxygen atoms in total. The number of imidazole rings is 1. The van der Waals surface area contributed by atoms with E-state index in [9.17, 15) is 18.5 Å². The molecular weight excluding hydrogens is 530 g/mol. The van der Waals surface area contributed by atoms with E-state index in [1.165, 1.54) is 10.2 Å². The number of hydrogen-bond acceptors (Lipinski definition) is 8. The lowest BCUT2D eigenvalue weighted by molar-refractivity contribution is 0.0276. The Morgan fingerprint density at radius 1 is 1.20 bits per heavy atom. The molecule has 1 saturated heterocycles. The molecule has 0 spiro atoms. The van der Waals surface area contributed by atoms with Crippen molar-refractivity contribution in [2.24, 2.45) is 17.1 Å². The summed E-state index contributed by atoms with van der Waals surface area (Å²) in [5.74, 6) is 0.769. The van der Waals surface area contributed by atoms with Crippen molar-refractivity contribution in [2.45, 2.75) is 58.0 Å². The number of carbonyl (C=O) groups is 1. The predicted molar refractivity (Wildman–Crippen MR) is 151 cm³/mol. The number of ether oxygens (including phenoxy) is 1. The number of nitrogens with two attached hydrogens (primary N) is 1. The van der Waals surface area contributed by atoms with E-state index in [1.54, 1.807) is 36.5 Å². The highest BCUT2D eigenvalue weighted by atomic mass is 32.2. The van der Waals surface area contributed by atoms with Crippen LogP contribution in [0.5, 0.6) is 0 Å². The van der Waals surface area contributed by atoms with Crippen LogP contribution in [0.25, 0.3) is 22.1 Å². The highest BCUT2D eigenvalue weighted by molar-refractivity contribution is 7.90. The van der Waals surface area contributed by atoms with E-state index in [0.717, 1.165) is 18.4 Å². The number of nitriles is 1. The minimum absolute atomic E-state index is 0.161. The van der Waals surface area contributed by atoms with Gasteiger partial charge in [-0.1, -0.05) is 38.5 Å². The second-order valence-electron chi connectivity index (χ2n) is 11.4. The summed E-state index contributed by atoms with van der Waals surface area (Å²) in [7, 11) is -3.91. The van der Waals surface area contributed by atoms with Crippen molar-refractivity contribution >= 4 is 38.2 Å². The normalized spacial score (nSPS) is 15.8. The van der Waals surface area contributed by atoms with Gasteiger partial charge in [0.2, 0.25) is 0 Å². The Morgan fingerprint density at radius 3 is 2.48 bits per heavy atom. The molecule has 4 heterocycles. The summed E-state index contributed by atoms with van der Waals surface area (Å²) in [4.78, 5) is 21.5. The predicted octanol–water partition coefficient (Wildman–Crippen LogP) is 4.38. The molecule has 0 saturated carbocycles. The topological polar surface area (TPSA) is 149 Å². The van der Waals surface area contributed by atoms with Gasteiger partial charge in [-0.25, -0.2) is 31.8 Å². The summed E-state index contributed by atoms with van der Waals surface area (Å²) < 4.78 is 35.9. The van der Waals surface area contributed by atoms with E-state index in [1.807, 2.05) is 32.4 Å². The fourth-order valence-electron chi connectivity index (χ4n) is 5.29.